The molecule has 0 aliphatic heterocycles. The molecule has 0 aromatic heterocycles. The molecule has 0 rings (SSSR count). The Kier molecular flexibility index (Phi) is 6.06. The van der Waals surface area contributed by atoms with Crippen LogP contribution in [0.5, 0.6) is 0 Å². The molecule has 0 heterocycles. The number of amides is 1. The zero-order valence-corrected chi connectivity index (χ0v) is 12.1. The molecule has 16 heavy (non-hydrogen) atoms. The van der Waals surface area contributed by atoms with E-state index in [-0.39, 0.29) is 17.4 Å². The van der Waals surface area contributed by atoms with Crippen LogP contribution in [0.3, 0.4) is 0 Å². The fourth-order valence-electron chi connectivity index (χ4n) is 2.08. The minimum absolute atomic E-state index is 0.207. The number of rotatable bonds is 6. The number of carbonyl (C=O) groups is 1. The summed E-state index contributed by atoms with van der Waals surface area (Å²) in [7, 11) is 0. The Morgan fingerprint density at radius 3 is 1.88 bits per heavy atom. The van der Waals surface area contributed by atoms with Gasteiger partial charge in [-0.15, -0.1) is 0 Å². The molecule has 0 aromatic rings. The lowest BCUT2D eigenvalue weighted by Gasteiger charge is -2.37. The maximum absolute atomic E-state index is 12.3. The van der Waals surface area contributed by atoms with Crippen LogP contribution in [0.4, 0.5) is 0 Å². The molecule has 2 heteroatoms. The monoisotopic (exact) mass is 227 g/mol. The Hall–Kier alpha value is -0.530. The van der Waals surface area contributed by atoms with Crippen molar-refractivity contribution in [2.45, 2.75) is 67.3 Å². The summed E-state index contributed by atoms with van der Waals surface area (Å²) in [6.07, 6.45) is 2.17. The van der Waals surface area contributed by atoms with Gasteiger partial charge in [-0.05, 0) is 25.2 Å². The van der Waals surface area contributed by atoms with Crippen LogP contribution < -0.4 is 5.32 Å². The normalized spacial score (nSPS) is 14.3. The Bertz CT molecular complexity index is 213. The average Bonchev–Trinajstić information content (AvgIpc) is 2.15. The van der Waals surface area contributed by atoms with Crippen LogP contribution in [0.2, 0.25) is 0 Å². The zero-order chi connectivity index (χ0) is 12.9. The molecule has 1 atom stereocenters. The van der Waals surface area contributed by atoms with Crippen LogP contribution in [0.1, 0.15) is 61.3 Å². The van der Waals surface area contributed by atoms with Gasteiger partial charge in [0.15, 0.2) is 0 Å². The summed E-state index contributed by atoms with van der Waals surface area (Å²) in [5.41, 5.74) is -0.262. The van der Waals surface area contributed by atoms with Gasteiger partial charge in [0.2, 0.25) is 5.91 Å². The number of hydrogen-bond acceptors (Lipinski definition) is 1. The molecule has 0 radical (unpaired) electrons. The smallest absolute Gasteiger partial charge is 0.226 e. The fourth-order valence-corrected chi connectivity index (χ4v) is 2.08. The van der Waals surface area contributed by atoms with Gasteiger partial charge in [0.1, 0.15) is 0 Å². The molecule has 96 valence electrons. The predicted molar refractivity (Wildman–Crippen MR) is 70.3 cm³/mol. The molecule has 0 spiro atoms. The van der Waals surface area contributed by atoms with Crippen molar-refractivity contribution < 1.29 is 4.79 Å². The second kappa shape index (κ2) is 6.27. The highest BCUT2D eigenvalue weighted by Gasteiger charge is 2.39. The molecular weight excluding hydrogens is 198 g/mol. The molecule has 0 fully saturated rings. The lowest BCUT2D eigenvalue weighted by Crippen LogP contribution is -2.48. The third kappa shape index (κ3) is 3.50. The van der Waals surface area contributed by atoms with Crippen molar-refractivity contribution in [2.75, 3.05) is 0 Å². The van der Waals surface area contributed by atoms with Crippen molar-refractivity contribution in [3.8, 4) is 0 Å². The van der Waals surface area contributed by atoms with Crippen molar-refractivity contribution >= 4 is 5.91 Å². The lowest BCUT2D eigenvalue weighted by atomic mass is 9.69. The molecule has 1 amide bonds. The molecule has 1 unspecified atom stereocenters. The summed E-state index contributed by atoms with van der Waals surface area (Å²) >= 11 is 0. The molecule has 1 N–H and O–H groups in total. The van der Waals surface area contributed by atoms with Gasteiger partial charge in [0, 0.05) is 6.04 Å². The molecular formula is C14H29NO. The second-order valence-corrected chi connectivity index (χ2v) is 5.76. The van der Waals surface area contributed by atoms with E-state index in [0.29, 0.717) is 11.8 Å². The van der Waals surface area contributed by atoms with Crippen molar-refractivity contribution in [1.82, 2.24) is 5.32 Å². The predicted octanol–water partition coefficient (Wildman–Crippen LogP) is 3.61. The number of carbonyl (C=O) groups excluding carboxylic acids is 1. The van der Waals surface area contributed by atoms with E-state index in [1.165, 1.54) is 0 Å². The van der Waals surface area contributed by atoms with Gasteiger partial charge in [-0.2, -0.15) is 0 Å². The standard InChI is InChI=1S/C14H29NO/c1-8-9-12(6)15-13(16)14(7,10(2)3)11(4)5/h10-12H,8-9H2,1-7H3,(H,15,16). The van der Waals surface area contributed by atoms with E-state index in [1.807, 2.05) is 0 Å². The minimum Gasteiger partial charge on any atom is -0.353 e. The molecule has 0 aliphatic rings. The molecule has 0 aliphatic carbocycles. The van der Waals surface area contributed by atoms with E-state index < -0.39 is 0 Å². The van der Waals surface area contributed by atoms with Crippen LogP contribution in [-0.4, -0.2) is 11.9 Å². The molecule has 0 saturated carbocycles. The highest BCUT2D eigenvalue weighted by Crippen LogP contribution is 2.35. The quantitative estimate of drug-likeness (QED) is 0.738. The van der Waals surface area contributed by atoms with E-state index >= 15 is 0 Å². The summed E-state index contributed by atoms with van der Waals surface area (Å²) < 4.78 is 0. The van der Waals surface area contributed by atoms with Gasteiger partial charge < -0.3 is 5.32 Å². The van der Waals surface area contributed by atoms with E-state index in [4.69, 9.17) is 0 Å². The van der Waals surface area contributed by atoms with Crippen molar-refractivity contribution in [3.63, 3.8) is 0 Å². The summed E-state index contributed by atoms with van der Waals surface area (Å²) in [5.74, 6) is 0.932. The average molecular weight is 227 g/mol. The highest BCUT2D eigenvalue weighted by atomic mass is 16.2. The third-order valence-corrected chi connectivity index (χ3v) is 3.99. The van der Waals surface area contributed by atoms with E-state index in [0.717, 1.165) is 12.8 Å². The van der Waals surface area contributed by atoms with Crippen LogP contribution in [0.25, 0.3) is 0 Å². The first kappa shape index (κ1) is 15.5. The first-order chi connectivity index (χ1) is 7.26. The van der Waals surface area contributed by atoms with Crippen LogP contribution >= 0.6 is 0 Å². The Morgan fingerprint density at radius 1 is 1.12 bits per heavy atom. The number of hydrogen-bond donors (Lipinski definition) is 1. The Balaban J connectivity index is 4.65. The maximum atomic E-state index is 12.3. The van der Waals surface area contributed by atoms with E-state index in [2.05, 4.69) is 53.8 Å². The maximum Gasteiger partial charge on any atom is 0.226 e. The molecule has 2 nitrogen and oxygen atoms in total. The van der Waals surface area contributed by atoms with Gasteiger partial charge >= 0.3 is 0 Å². The van der Waals surface area contributed by atoms with Gasteiger partial charge in [0.05, 0.1) is 5.41 Å². The summed E-state index contributed by atoms with van der Waals surface area (Å²) in [5, 5.41) is 3.15. The SMILES string of the molecule is CCCC(C)NC(=O)C(C)(C(C)C)C(C)C. The Labute approximate surface area is 101 Å². The number of nitrogens with one attached hydrogen (secondary N) is 1. The zero-order valence-electron chi connectivity index (χ0n) is 12.1. The van der Waals surface area contributed by atoms with Crippen molar-refractivity contribution in [2.24, 2.45) is 17.3 Å². The molecule has 0 saturated heterocycles. The van der Waals surface area contributed by atoms with E-state index in [9.17, 15) is 4.79 Å². The van der Waals surface area contributed by atoms with Crippen molar-refractivity contribution in [1.29, 1.82) is 0 Å². The minimum atomic E-state index is -0.262. The summed E-state index contributed by atoms with van der Waals surface area (Å²) in [4.78, 5) is 12.3. The van der Waals surface area contributed by atoms with Crippen molar-refractivity contribution in [3.05, 3.63) is 0 Å². The van der Waals surface area contributed by atoms with Gasteiger partial charge in [-0.25, -0.2) is 0 Å². The van der Waals surface area contributed by atoms with Crippen LogP contribution in [0, 0.1) is 17.3 Å². The topological polar surface area (TPSA) is 29.1 Å². The Morgan fingerprint density at radius 2 is 1.56 bits per heavy atom. The highest BCUT2D eigenvalue weighted by molar-refractivity contribution is 5.83. The van der Waals surface area contributed by atoms with Gasteiger partial charge in [-0.1, -0.05) is 48.0 Å². The summed E-state index contributed by atoms with van der Waals surface area (Å²) in [6, 6.07) is 0.286. The third-order valence-electron chi connectivity index (χ3n) is 3.99. The van der Waals surface area contributed by atoms with Crippen LogP contribution in [-0.2, 0) is 4.79 Å². The van der Waals surface area contributed by atoms with Gasteiger partial charge in [0.25, 0.3) is 0 Å². The van der Waals surface area contributed by atoms with Gasteiger partial charge in [-0.3, -0.25) is 4.79 Å². The fraction of sp³-hybridized carbons (Fsp3) is 0.929. The largest absolute Gasteiger partial charge is 0.353 e. The summed E-state index contributed by atoms with van der Waals surface area (Å²) in [6.45, 7) is 14.8. The first-order valence-electron chi connectivity index (χ1n) is 6.57. The molecule has 0 bridgehead atoms. The molecule has 0 aromatic carbocycles. The lowest BCUT2D eigenvalue weighted by molar-refractivity contribution is -0.136. The van der Waals surface area contributed by atoms with Crippen LogP contribution in [0.15, 0.2) is 0 Å². The van der Waals surface area contributed by atoms with E-state index in [1.54, 1.807) is 0 Å². The first-order valence-corrected chi connectivity index (χ1v) is 6.57. The second-order valence-electron chi connectivity index (χ2n) is 5.76.